The molecule has 2 rings (SSSR count). The molecule has 0 aromatic heterocycles. The number of benzene rings is 1. The van der Waals surface area contributed by atoms with E-state index in [-0.39, 0.29) is 18.2 Å². The van der Waals surface area contributed by atoms with Crippen molar-refractivity contribution >= 4 is 11.6 Å². The van der Waals surface area contributed by atoms with E-state index in [2.05, 4.69) is 5.32 Å². The topological polar surface area (TPSA) is 84.7 Å². The number of amides is 1. The zero-order valence-electron chi connectivity index (χ0n) is 12.2. The maximum atomic E-state index is 12.0. The summed E-state index contributed by atoms with van der Waals surface area (Å²) >= 11 is 0. The molecule has 1 heterocycles. The number of aryl methyl sites for hydroxylation is 2. The van der Waals surface area contributed by atoms with Gasteiger partial charge in [-0.15, -0.1) is 0 Å². The number of nitro groups is 1. The Hall–Kier alpha value is -2.15. The molecule has 7 nitrogen and oxygen atoms in total. The minimum atomic E-state index is -0.445. The molecule has 0 aliphatic carbocycles. The van der Waals surface area contributed by atoms with Gasteiger partial charge in [-0.25, -0.2) is 0 Å². The first-order chi connectivity index (χ1) is 9.99. The summed E-state index contributed by atoms with van der Waals surface area (Å²) in [5, 5.41) is 14.1. The molecule has 1 aliphatic heterocycles. The standard InChI is InChI=1S/C14H19N3O4/c1-10-7-11(2)13(8-12(10)17(19)20)21-9-14(18)16-5-3-15-4-6-16/h7-8,15H,3-6,9H2,1-2H3. The fourth-order valence-corrected chi connectivity index (χ4v) is 2.32. The number of ether oxygens (including phenoxy) is 1. The van der Waals surface area contributed by atoms with Crippen LogP contribution in [-0.4, -0.2) is 48.5 Å². The van der Waals surface area contributed by atoms with E-state index in [9.17, 15) is 14.9 Å². The van der Waals surface area contributed by atoms with E-state index < -0.39 is 4.92 Å². The van der Waals surface area contributed by atoms with Gasteiger partial charge < -0.3 is 15.0 Å². The molecule has 1 amide bonds. The first-order valence-electron chi connectivity index (χ1n) is 6.86. The molecule has 114 valence electrons. The Kier molecular flexibility index (Phi) is 4.74. The average molecular weight is 293 g/mol. The highest BCUT2D eigenvalue weighted by Crippen LogP contribution is 2.28. The van der Waals surface area contributed by atoms with Gasteiger partial charge in [0.25, 0.3) is 11.6 Å². The van der Waals surface area contributed by atoms with E-state index in [0.717, 1.165) is 18.7 Å². The summed E-state index contributed by atoms with van der Waals surface area (Å²) in [7, 11) is 0. The fraction of sp³-hybridized carbons (Fsp3) is 0.500. The van der Waals surface area contributed by atoms with E-state index in [0.29, 0.717) is 24.4 Å². The molecular weight excluding hydrogens is 274 g/mol. The summed E-state index contributed by atoms with van der Waals surface area (Å²) < 4.78 is 5.48. The van der Waals surface area contributed by atoms with Crippen LogP contribution < -0.4 is 10.1 Å². The molecule has 1 saturated heterocycles. The van der Waals surface area contributed by atoms with Crippen LogP contribution in [0.25, 0.3) is 0 Å². The van der Waals surface area contributed by atoms with Crippen LogP contribution in [0.4, 0.5) is 5.69 Å². The van der Waals surface area contributed by atoms with Crippen molar-refractivity contribution in [3.63, 3.8) is 0 Å². The second-order valence-corrected chi connectivity index (χ2v) is 5.08. The largest absolute Gasteiger partial charge is 0.483 e. The first kappa shape index (κ1) is 15.2. The number of hydrogen-bond acceptors (Lipinski definition) is 5. The van der Waals surface area contributed by atoms with Crippen LogP contribution in [0.5, 0.6) is 5.75 Å². The first-order valence-corrected chi connectivity index (χ1v) is 6.86. The van der Waals surface area contributed by atoms with Crippen LogP contribution in [0.3, 0.4) is 0 Å². The Morgan fingerprint density at radius 3 is 2.62 bits per heavy atom. The van der Waals surface area contributed by atoms with Gasteiger partial charge in [-0.3, -0.25) is 14.9 Å². The van der Waals surface area contributed by atoms with Crippen molar-refractivity contribution in [2.24, 2.45) is 0 Å². The molecule has 0 bridgehead atoms. The second kappa shape index (κ2) is 6.53. The monoisotopic (exact) mass is 293 g/mol. The maximum Gasteiger partial charge on any atom is 0.276 e. The zero-order valence-corrected chi connectivity index (χ0v) is 12.2. The highest BCUT2D eigenvalue weighted by atomic mass is 16.6. The van der Waals surface area contributed by atoms with E-state index >= 15 is 0 Å². The van der Waals surface area contributed by atoms with Crippen molar-refractivity contribution in [3.8, 4) is 5.75 Å². The van der Waals surface area contributed by atoms with Crippen molar-refractivity contribution in [2.75, 3.05) is 32.8 Å². The fourth-order valence-electron chi connectivity index (χ4n) is 2.32. The molecular formula is C14H19N3O4. The lowest BCUT2D eigenvalue weighted by molar-refractivity contribution is -0.385. The summed E-state index contributed by atoms with van der Waals surface area (Å²) in [6.07, 6.45) is 0. The Balaban J connectivity index is 2.04. The molecule has 1 fully saturated rings. The highest BCUT2D eigenvalue weighted by Gasteiger charge is 2.18. The predicted octanol–water partition coefficient (Wildman–Crippen LogP) is 1.02. The lowest BCUT2D eigenvalue weighted by Gasteiger charge is -2.27. The molecule has 0 spiro atoms. The van der Waals surface area contributed by atoms with Crippen LogP contribution in [0.1, 0.15) is 11.1 Å². The van der Waals surface area contributed by atoms with Crippen molar-refractivity contribution in [1.82, 2.24) is 10.2 Å². The summed E-state index contributed by atoms with van der Waals surface area (Å²) in [5.74, 6) is 0.287. The number of nitro benzene ring substituents is 1. The maximum absolute atomic E-state index is 12.0. The van der Waals surface area contributed by atoms with E-state index in [1.807, 2.05) is 0 Å². The number of hydrogen-bond donors (Lipinski definition) is 1. The van der Waals surface area contributed by atoms with Crippen LogP contribution in [0.15, 0.2) is 12.1 Å². The number of carbonyl (C=O) groups is 1. The predicted molar refractivity (Wildman–Crippen MR) is 77.5 cm³/mol. The average Bonchev–Trinajstić information content (AvgIpc) is 2.46. The smallest absolute Gasteiger partial charge is 0.276 e. The van der Waals surface area contributed by atoms with Gasteiger partial charge in [-0.2, -0.15) is 0 Å². The highest BCUT2D eigenvalue weighted by molar-refractivity contribution is 5.78. The van der Waals surface area contributed by atoms with Gasteiger partial charge in [0.1, 0.15) is 5.75 Å². The number of nitrogens with zero attached hydrogens (tertiary/aromatic N) is 2. The Morgan fingerprint density at radius 1 is 1.33 bits per heavy atom. The molecule has 1 aliphatic rings. The van der Waals surface area contributed by atoms with Crippen LogP contribution in [0, 0.1) is 24.0 Å². The van der Waals surface area contributed by atoms with Crippen LogP contribution in [0.2, 0.25) is 0 Å². The van der Waals surface area contributed by atoms with Gasteiger partial charge in [-0.1, -0.05) is 0 Å². The number of rotatable bonds is 4. The molecule has 0 unspecified atom stereocenters. The molecule has 0 atom stereocenters. The van der Waals surface area contributed by atoms with Crippen molar-refractivity contribution in [1.29, 1.82) is 0 Å². The molecule has 1 aromatic carbocycles. The number of piperazine rings is 1. The molecule has 0 radical (unpaired) electrons. The molecule has 21 heavy (non-hydrogen) atoms. The molecule has 1 aromatic rings. The summed E-state index contributed by atoms with van der Waals surface area (Å²) in [4.78, 5) is 24.2. The summed E-state index contributed by atoms with van der Waals surface area (Å²) in [6, 6.07) is 3.08. The molecule has 0 saturated carbocycles. The number of carbonyl (C=O) groups excluding carboxylic acids is 1. The minimum Gasteiger partial charge on any atom is -0.483 e. The van der Waals surface area contributed by atoms with Gasteiger partial charge in [0.15, 0.2) is 6.61 Å². The van der Waals surface area contributed by atoms with Gasteiger partial charge in [0, 0.05) is 31.7 Å². The zero-order chi connectivity index (χ0) is 15.4. The summed E-state index contributed by atoms with van der Waals surface area (Å²) in [6.45, 7) is 6.27. The van der Waals surface area contributed by atoms with E-state index in [1.54, 1.807) is 24.8 Å². The second-order valence-electron chi connectivity index (χ2n) is 5.08. The van der Waals surface area contributed by atoms with E-state index in [4.69, 9.17) is 4.74 Å². The molecule has 7 heteroatoms. The Bertz CT molecular complexity index is 553. The van der Waals surface area contributed by atoms with Gasteiger partial charge >= 0.3 is 0 Å². The van der Waals surface area contributed by atoms with Crippen molar-refractivity contribution in [3.05, 3.63) is 33.4 Å². The normalized spacial score (nSPS) is 14.9. The van der Waals surface area contributed by atoms with Gasteiger partial charge in [0.2, 0.25) is 0 Å². The third kappa shape index (κ3) is 3.69. The summed E-state index contributed by atoms with van der Waals surface area (Å²) in [5.41, 5.74) is 1.37. The number of nitrogens with one attached hydrogen (secondary N) is 1. The van der Waals surface area contributed by atoms with Crippen molar-refractivity contribution in [2.45, 2.75) is 13.8 Å². The van der Waals surface area contributed by atoms with Crippen molar-refractivity contribution < 1.29 is 14.5 Å². The lowest BCUT2D eigenvalue weighted by Crippen LogP contribution is -2.47. The van der Waals surface area contributed by atoms with Crippen LogP contribution in [-0.2, 0) is 4.79 Å². The third-order valence-electron chi connectivity index (χ3n) is 3.51. The Labute approximate surface area is 123 Å². The SMILES string of the molecule is Cc1cc(C)c([N+](=O)[O-])cc1OCC(=O)N1CCNCC1. The third-order valence-corrected chi connectivity index (χ3v) is 3.51. The van der Waals surface area contributed by atoms with Gasteiger partial charge in [0.05, 0.1) is 11.0 Å². The Morgan fingerprint density at radius 2 is 2.00 bits per heavy atom. The minimum absolute atomic E-state index is 0.00483. The van der Waals surface area contributed by atoms with Crippen LogP contribution >= 0.6 is 0 Å². The van der Waals surface area contributed by atoms with E-state index in [1.165, 1.54) is 6.07 Å². The lowest BCUT2D eigenvalue weighted by atomic mass is 10.1. The van der Waals surface area contributed by atoms with Gasteiger partial charge in [-0.05, 0) is 25.5 Å². The molecule has 1 N–H and O–H groups in total. The quantitative estimate of drug-likeness (QED) is 0.662.